The van der Waals surface area contributed by atoms with Crippen molar-refractivity contribution in [2.45, 2.75) is 19.8 Å². The summed E-state index contributed by atoms with van der Waals surface area (Å²) in [6, 6.07) is 16.4. The zero-order valence-electron chi connectivity index (χ0n) is 14.0. The van der Waals surface area contributed by atoms with Crippen molar-refractivity contribution in [3.05, 3.63) is 76.8 Å². The molecule has 0 aliphatic rings. The summed E-state index contributed by atoms with van der Waals surface area (Å²) in [6.45, 7) is 2.88. The van der Waals surface area contributed by atoms with Crippen molar-refractivity contribution in [3.8, 4) is 0 Å². The third kappa shape index (κ3) is 3.72. The van der Waals surface area contributed by atoms with Crippen LogP contribution in [0, 0.1) is 6.92 Å². The number of benzene rings is 1. The molecule has 3 aromatic heterocycles. The van der Waals surface area contributed by atoms with Gasteiger partial charge in [0.05, 0.1) is 11.6 Å². The van der Waals surface area contributed by atoms with Gasteiger partial charge < -0.3 is 9.73 Å². The Morgan fingerprint density at radius 2 is 1.96 bits per heavy atom. The first-order valence-electron chi connectivity index (χ1n) is 8.35. The van der Waals surface area contributed by atoms with E-state index in [1.807, 2.05) is 30.3 Å². The maximum atomic E-state index is 5.40. The zero-order chi connectivity index (χ0) is 17.1. The van der Waals surface area contributed by atoms with Gasteiger partial charge in [-0.05, 0) is 30.7 Å². The molecule has 4 aromatic rings. The third-order valence-corrected chi connectivity index (χ3v) is 4.96. The number of aryl methyl sites for hydroxylation is 1. The van der Waals surface area contributed by atoms with Gasteiger partial charge >= 0.3 is 0 Å². The maximum absolute atomic E-state index is 5.40. The van der Waals surface area contributed by atoms with Gasteiger partial charge in [0.25, 0.3) is 0 Å². The van der Waals surface area contributed by atoms with Crippen LogP contribution in [0.25, 0.3) is 10.2 Å². The number of rotatable bonds is 6. The smallest absolute Gasteiger partial charge is 0.138 e. The van der Waals surface area contributed by atoms with Crippen LogP contribution < -0.4 is 5.32 Å². The van der Waals surface area contributed by atoms with Crippen LogP contribution in [-0.4, -0.2) is 16.5 Å². The van der Waals surface area contributed by atoms with E-state index in [-0.39, 0.29) is 0 Å². The van der Waals surface area contributed by atoms with Gasteiger partial charge in [0.2, 0.25) is 0 Å². The number of fused-ring (bicyclic) bond motifs is 1. The third-order valence-electron chi connectivity index (χ3n) is 4.01. The standard InChI is InChI=1S/C20H19N3OS/c1-14-12-17-19(21-10-9-16-8-5-11-24-16)22-18(23-20(17)25-14)13-15-6-3-2-4-7-15/h2-8,11-12H,9-10,13H2,1H3,(H,21,22,23). The minimum absolute atomic E-state index is 0.737. The van der Waals surface area contributed by atoms with Crippen molar-refractivity contribution in [1.82, 2.24) is 9.97 Å². The van der Waals surface area contributed by atoms with Crippen LogP contribution in [-0.2, 0) is 12.8 Å². The topological polar surface area (TPSA) is 51.0 Å². The van der Waals surface area contributed by atoms with Crippen LogP contribution in [0.5, 0.6) is 0 Å². The fourth-order valence-corrected chi connectivity index (χ4v) is 3.74. The second kappa shape index (κ2) is 7.07. The number of aromatic nitrogens is 2. The number of nitrogens with zero attached hydrogens (tertiary/aromatic N) is 2. The molecule has 4 nitrogen and oxygen atoms in total. The highest BCUT2D eigenvalue weighted by Crippen LogP contribution is 2.29. The molecule has 1 aromatic carbocycles. The van der Waals surface area contributed by atoms with E-state index in [4.69, 9.17) is 14.4 Å². The van der Waals surface area contributed by atoms with E-state index < -0.39 is 0 Å². The summed E-state index contributed by atoms with van der Waals surface area (Å²) in [5, 5.41) is 4.56. The fourth-order valence-electron chi connectivity index (χ4n) is 2.84. The summed E-state index contributed by atoms with van der Waals surface area (Å²) in [6.07, 6.45) is 3.27. The lowest BCUT2D eigenvalue weighted by atomic mass is 10.1. The molecule has 0 saturated carbocycles. The number of thiophene rings is 1. The Bertz CT molecular complexity index is 961. The van der Waals surface area contributed by atoms with Gasteiger partial charge in [-0.1, -0.05) is 30.3 Å². The molecule has 4 rings (SSSR count). The molecule has 0 atom stereocenters. The van der Waals surface area contributed by atoms with Crippen LogP contribution in [0.3, 0.4) is 0 Å². The number of hydrogen-bond acceptors (Lipinski definition) is 5. The lowest BCUT2D eigenvalue weighted by Gasteiger charge is -2.08. The van der Waals surface area contributed by atoms with Crippen LogP contribution in [0.1, 0.15) is 22.0 Å². The van der Waals surface area contributed by atoms with Crippen LogP contribution in [0.4, 0.5) is 5.82 Å². The summed E-state index contributed by atoms with van der Waals surface area (Å²) in [4.78, 5) is 11.8. The Morgan fingerprint density at radius 1 is 1.08 bits per heavy atom. The molecule has 5 heteroatoms. The lowest BCUT2D eigenvalue weighted by molar-refractivity contribution is 0.513. The van der Waals surface area contributed by atoms with E-state index in [1.54, 1.807) is 17.6 Å². The number of anilines is 1. The average molecular weight is 349 g/mol. The molecule has 0 aliphatic heterocycles. The predicted molar refractivity (Wildman–Crippen MR) is 102 cm³/mol. The molecule has 25 heavy (non-hydrogen) atoms. The molecule has 0 radical (unpaired) electrons. The number of nitrogens with one attached hydrogen (secondary N) is 1. The van der Waals surface area contributed by atoms with Crippen molar-refractivity contribution >= 4 is 27.4 Å². The Balaban J connectivity index is 1.59. The molecule has 0 saturated heterocycles. The molecule has 0 amide bonds. The first-order valence-corrected chi connectivity index (χ1v) is 9.17. The molecule has 0 fully saturated rings. The summed E-state index contributed by atoms with van der Waals surface area (Å²) in [5.74, 6) is 2.73. The van der Waals surface area contributed by atoms with Crippen molar-refractivity contribution in [1.29, 1.82) is 0 Å². The lowest BCUT2D eigenvalue weighted by Crippen LogP contribution is -2.08. The molecule has 3 heterocycles. The summed E-state index contributed by atoms with van der Waals surface area (Å²) < 4.78 is 5.40. The Hall–Kier alpha value is -2.66. The Morgan fingerprint density at radius 3 is 2.76 bits per heavy atom. The Labute approximate surface area is 150 Å². The molecule has 0 unspecified atom stereocenters. The Kier molecular flexibility index (Phi) is 4.48. The number of hydrogen-bond donors (Lipinski definition) is 1. The van der Waals surface area contributed by atoms with Gasteiger partial charge in [0.15, 0.2) is 0 Å². The minimum atomic E-state index is 0.737. The average Bonchev–Trinajstić information content (AvgIpc) is 3.24. The molecular weight excluding hydrogens is 330 g/mol. The fraction of sp³-hybridized carbons (Fsp3) is 0.200. The second-order valence-corrected chi connectivity index (χ2v) is 7.22. The number of furan rings is 1. The quantitative estimate of drug-likeness (QED) is 0.541. The van der Waals surface area contributed by atoms with Gasteiger partial charge in [-0.25, -0.2) is 9.97 Å². The highest BCUT2D eigenvalue weighted by Gasteiger charge is 2.11. The summed E-state index contributed by atoms with van der Waals surface area (Å²) in [5.41, 5.74) is 1.22. The van der Waals surface area contributed by atoms with E-state index in [0.29, 0.717) is 0 Å². The van der Waals surface area contributed by atoms with Crippen LogP contribution in [0.15, 0.2) is 59.2 Å². The first kappa shape index (κ1) is 15.8. The van der Waals surface area contributed by atoms with E-state index >= 15 is 0 Å². The molecule has 126 valence electrons. The van der Waals surface area contributed by atoms with Gasteiger partial charge in [-0.2, -0.15) is 0 Å². The highest BCUT2D eigenvalue weighted by molar-refractivity contribution is 7.18. The van der Waals surface area contributed by atoms with Crippen LogP contribution in [0.2, 0.25) is 0 Å². The van der Waals surface area contributed by atoms with E-state index in [9.17, 15) is 0 Å². The van der Waals surface area contributed by atoms with Gasteiger partial charge in [0.1, 0.15) is 22.2 Å². The largest absolute Gasteiger partial charge is 0.469 e. The molecular formula is C20H19N3OS. The highest BCUT2D eigenvalue weighted by atomic mass is 32.1. The van der Waals surface area contributed by atoms with Crippen molar-refractivity contribution < 1.29 is 4.42 Å². The van der Waals surface area contributed by atoms with Crippen molar-refractivity contribution in [3.63, 3.8) is 0 Å². The maximum Gasteiger partial charge on any atom is 0.138 e. The minimum Gasteiger partial charge on any atom is -0.469 e. The molecule has 1 N–H and O–H groups in total. The monoisotopic (exact) mass is 349 g/mol. The van der Waals surface area contributed by atoms with Gasteiger partial charge in [-0.3, -0.25) is 0 Å². The molecule has 0 bridgehead atoms. The van der Waals surface area contributed by atoms with Gasteiger partial charge in [0, 0.05) is 24.3 Å². The van der Waals surface area contributed by atoms with Crippen LogP contribution >= 0.6 is 11.3 Å². The predicted octanol–water partition coefficient (Wildman–Crippen LogP) is 4.84. The SMILES string of the molecule is Cc1cc2c(NCCc3ccco3)nc(Cc3ccccc3)nc2s1. The van der Waals surface area contributed by atoms with Crippen molar-refractivity contribution in [2.24, 2.45) is 0 Å². The molecule has 0 spiro atoms. The molecule has 0 aliphatic carbocycles. The van der Waals surface area contributed by atoms with E-state index in [2.05, 4.69) is 30.4 Å². The summed E-state index contributed by atoms with van der Waals surface area (Å²) in [7, 11) is 0. The second-order valence-electron chi connectivity index (χ2n) is 5.98. The zero-order valence-corrected chi connectivity index (χ0v) is 14.8. The normalized spacial score (nSPS) is 11.1. The van der Waals surface area contributed by atoms with Crippen molar-refractivity contribution in [2.75, 3.05) is 11.9 Å². The first-order chi connectivity index (χ1) is 12.3. The van der Waals surface area contributed by atoms with Gasteiger partial charge in [-0.15, -0.1) is 11.3 Å². The van der Waals surface area contributed by atoms with E-state index in [1.165, 1.54) is 10.4 Å². The summed E-state index contributed by atoms with van der Waals surface area (Å²) >= 11 is 1.71. The van der Waals surface area contributed by atoms with E-state index in [0.717, 1.165) is 47.0 Å².